The number of fused-ring (bicyclic) bond motifs is 1. The van der Waals surface area contributed by atoms with Crippen molar-refractivity contribution in [2.75, 3.05) is 6.54 Å². The molecule has 0 fully saturated rings. The first kappa shape index (κ1) is 14.4. The Morgan fingerprint density at radius 3 is 2.79 bits per heavy atom. The van der Waals surface area contributed by atoms with Crippen LogP contribution in [0.5, 0.6) is 5.75 Å². The van der Waals surface area contributed by atoms with E-state index in [4.69, 9.17) is 0 Å². The van der Waals surface area contributed by atoms with Crippen LogP contribution < -0.4 is 5.32 Å². The minimum Gasteiger partial charge on any atom is -0.508 e. The highest BCUT2D eigenvalue weighted by Gasteiger charge is 2.24. The third-order valence-electron chi connectivity index (χ3n) is 4.59. The Hall–Kier alpha value is -1.02. The molecule has 1 aromatic carbocycles. The van der Waals surface area contributed by atoms with Crippen LogP contribution in [0.2, 0.25) is 0 Å². The highest BCUT2D eigenvalue weighted by molar-refractivity contribution is 5.38. The van der Waals surface area contributed by atoms with Crippen LogP contribution in [0.15, 0.2) is 18.2 Å². The zero-order valence-electron chi connectivity index (χ0n) is 12.7. The van der Waals surface area contributed by atoms with Crippen molar-refractivity contribution in [3.8, 4) is 5.75 Å². The fourth-order valence-electron chi connectivity index (χ4n) is 2.64. The maximum atomic E-state index is 9.58. The third-order valence-corrected chi connectivity index (χ3v) is 4.59. The molecule has 2 atom stereocenters. The Morgan fingerprint density at radius 2 is 2.11 bits per heavy atom. The van der Waals surface area contributed by atoms with E-state index >= 15 is 0 Å². The third kappa shape index (κ3) is 3.50. The molecule has 1 aromatic rings. The van der Waals surface area contributed by atoms with E-state index in [2.05, 4.69) is 39.1 Å². The second kappa shape index (κ2) is 5.54. The zero-order chi connectivity index (χ0) is 14.0. The maximum Gasteiger partial charge on any atom is 0.115 e. The number of benzene rings is 1. The number of aromatic hydroxyl groups is 1. The fraction of sp³-hybridized carbons (Fsp3) is 0.647. The average Bonchev–Trinajstić information content (AvgIpc) is 2.34. The minimum absolute atomic E-state index is 0.347. The molecule has 0 aromatic heterocycles. The lowest BCUT2D eigenvalue weighted by Gasteiger charge is -2.32. The lowest BCUT2D eigenvalue weighted by atomic mass is 9.81. The Labute approximate surface area is 117 Å². The molecule has 2 unspecified atom stereocenters. The van der Waals surface area contributed by atoms with E-state index < -0.39 is 0 Å². The Bertz CT molecular complexity index is 433. The fourth-order valence-corrected chi connectivity index (χ4v) is 2.64. The van der Waals surface area contributed by atoms with Gasteiger partial charge in [0.1, 0.15) is 5.75 Å². The smallest absolute Gasteiger partial charge is 0.115 e. The van der Waals surface area contributed by atoms with Crippen molar-refractivity contribution in [3.63, 3.8) is 0 Å². The van der Waals surface area contributed by atoms with Crippen molar-refractivity contribution in [3.05, 3.63) is 29.3 Å². The summed E-state index contributed by atoms with van der Waals surface area (Å²) < 4.78 is 0. The molecule has 2 N–H and O–H groups in total. The summed E-state index contributed by atoms with van der Waals surface area (Å²) in [5, 5.41) is 13.3. The Kier molecular flexibility index (Phi) is 4.19. The summed E-state index contributed by atoms with van der Waals surface area (Å²) in [5.74, 6) is 1.04. The van der Waals surface area contributed by atoms with Gasteiger partial charge in [0.15, 0.2) is 0 Å². The van der Waals surface area contributed by atoms with E-state index in [0.29, 0.717) is 23.1 Å². The summed E-state index contributed by atoms with van der Waals surface area (Å²) in [7, 11) is 0. The van der Waals surface area contributed by atoms with Crippen LogP contribution in [-0.2, 0) is 6.42 Å². The van der Waals surface area contributed by atoms with Crippen LogP contribution in [-0.4, -0.2) is 11.7 Å². The first-order chi connectivity index (χ1) is 8.88. The van der Waals surface area contributed by atoms with Crippen LogP contribution in [0.4, 0.5) is 0 Å². The topological polar surface area (TPSA) is 32.3 Å². The van der Waals surface area contributed by atoms with Crippen molar-refractivity contribution in [2.24, 2.45) is 11.3 Å². The molecule has 2 nitrogen and oxygen atoms in total. The van der Waals surface area contributed by atoms with E-state index in [1.54, 1.807) is 0 Å². The van der Waals surface area contributed by atoms with Crippen molar-refractivity contribution >= 4 is 0 Å². The number of phenolic OH excluding ortho intramolecular Hbond substituents is 1. The van der Waals surface area contributed by atoms with Crippen LogP contribution >= 0.6 is 0 Å². The summed E-state index contributed by atoms with van der Waals surface area (Å²) in [6, 6.07) is 6.28. The molecule has 0 radical (unpaired) electrons. The van der Waals surface area contributed by atoms with Gasteiger partial charge in [0.2, 0.25) is 0 Å². The molecule has 1 aliphatic carbocycles. The van der Waals surface area contributed by atoms with Gasteiger partial charge in [0, 0.05) is 6.04 Å². The first-order valence-corrected chi connectivity index (χ1v) is 7.43. The predicted octanol–water partition coefficient (Wildman–Crippen LogP) is 4.04. The van der Waals surface area contributed by atoms with Gasteiger partial charge in [-0.2, -0.15) is 0 Å². The Balaban J connectivity index is 2.04. The quantitative estimate of drug-likeness (QED) is 0.860. The predicted molar refractivity (Wildman–Crippen MR) is 80.4 cm³/mol. The SMILES string of the molecule is CC(CNC1CCCc2cc(O)ccc21)C(C)(C)C. The normalized spacial score (nSPS) is 20.9. The van der Waals surface area contributed by atoms with E-state index in [1.807, 2.05) is 12.1 Å². The summed E-state index contributed by atoms with van der Waals surface area (Å²) >= 11 is 0. The first-order valence-electron chi connectivity index (χ1n) is 7.43. The van der Waals surface area contributed by atoms with Gasteiger partial charge < -0.3 is 10.4 Å². The van der Waals surface area contributed by atoms with Crippen molar-refractivity contribution < 1.29 is 5.11 Å². The number of hydrogen-bond donors (Lipinski definition) is 2. The van der Waals surface area contributed by atoms with Crippen molar-refractivity contribution in [1.29, 1.82) is 0 Å². The average molecular weight is 261 g/mol. The molecule has 0 spiro atoms. The number of rotatable bonds is 3. The van der Waals surface area contributed by atoms with Gasteiger partial charge in [-0.1, -0.05) is 33.8 Å². The molecule has 0 bridgehead atoms. The van der Waals surface area contributed by atoms with Crippen molar-refractivity contribution in [1.82, 2.24) is 5.32 Å². The Morgan fingerprint density at radius 1 is 1.37 bits per heavy atom. The van der Waals surface area contributed by atoms with Gasteiger partial charge in [-0.3, -0.25) is 0 Å². The maximum absolute atomic E-state index is 9.58. The minimum atomic E-state index is 0.347. The molecule has 0 aliphatic heterocycles. The van der Waals surface area contributed by atoms with Gasteiger partial charge >= 0.3 is 0 Å². The molecule has 0 saturated carbocycles. The molecule has 106 valence electrons. The molecule has 2 rings (SSSR count). The van der Waals surface area contributed by atoms with Gasteiger partial charge in [-0.05, 0) is 60.4 Å². The summed E-state index contributed by atoms with van der Waals surface area (Å²) in [6.07, 6.45) is 3.50. The lowest BCUT2D eigenvalue weighted by molar-refractivity contribution is 0.242. The van der Waals surface area contributed by atoms with Gasteiger partial charge in [-0.25, -0.2) is 0 Å². The van der Waals surface area contributed by atoms with E-state index in [9.17, 15) is 5.11 Å². The summed E-state index contributed by atoms with van der Waals surface area (Å²) in [5.41, 5.74) is 3.04. The molecule has 0 amide bonds. The number of phenols is 1. The zero-order valence-corrected chi connectivity index (χ0v) is 12.7. The summed E-state index contributed by atoms with van der Waals surface area (Å²) in [4.78, 5) is 0. The van der Waals surface area contributed by atoms with Crippen LogP contribution in [0.3, 0.4) is 0 Å². The molecule has 0 heterocycles. The molecular formula is C17H27NO. The number of aryl methyl sites for hydroxylation is 1. The van der Waals surface area contributed by atoms with Crippen LogP contribution in [0.25, 0.3) is 0 Å². The largest absolute Gasteiger partial charge is 0.508 e. The molecule has 19 heavy (non-hydrogen) atoms. The highest BCUT2D eigenvalue weighted by Crippen LogP contribution is 2.33. The van der Waals surface area contributed by atoms with Crippen LogP contribution in [0, 0.1) is 11.3 Å². The molecular weight excluding hydrogens is 234 g/mol. The number of nitrogens with one attached hydrogen (secondary N) is 1. The molecule has 1 aliphatic rings. The van der Waals surface area contributed by atoms with Gasteiger partial charge in [-0.15, -0.1) is 0 Å². The monoisotopic (exact) mass is 261 g/mol. The van der Waals surface area contributed by atoms with Gasteiger partial charge in [0.25, 0.3) is 0 Å². The van der Waals surface area contributed by atoms with E-state index in [-0.39, 0.29) is 0 Å². The highest BCUT2D eigenvalue weighted by atomic mass is 16.3. The van der Waals surface area contributed by atoms with Gasteiger partial charge in [0.05, 0.1) is 0 Å². The van der Waals surface area contributed by atoms with E-state index in [0.717, 1.165) is 13.0 Å². The summed E-state index contributed by atoms with van der Waals surface area (Å²) in [6.45, 7) is 10.3. The second-order valence-electron chi connectivity index (χ2n) is 7.00. The second-order valence-corrected chi connectivity index (χ2v) is 7.00. The molecule has 2 heteroatoms. The number of hydrogen-bond acceptors (Lipinski definition) is 2. The van der Waals surface area contributed by atoms with Crippen molar-refractivity contribution in [2.45, 2.75) is 53.0 Å². The van der Waals surface area contributed by atoms with E-state index in [1.165, 1.54) is 24.0 Å². The van der Waals surface area contributed by atoms with Crippen LogP contribution in [0.1, 0.15) is 57.7 Å². The molecule has 0 saturated heterocycles. The lowest BCUT2D eigenvalue weighted by Crippen LogP contribution is -2.33. The standard InChI is InChI=1S/C17H27NO/c1-12(17(2,3)4)11-18-16-7-5-6-13-10-14(19)8-9-15(13)16/h8-10,12,16,18-19H,5-7,11H2,1-4H3.